The number of esters is 1. The minimum Gasteiger partial charge on any atom is -0.494 e. The molecular formula is C29H36N2O3. The van der Waals surface area contributed by atoms with Crippen molar-refractivity contribution in [2.24, 2.45) is 0 Å². The predicted octanol–water partition coefficient (Wildman–Crippen LogP) is 6.98. The summed E-state index contributed by atoms with van der Waals surface area (Å²) >= 11 is 0. The molecular weight excluding hydrogens is 424 g/mol. The molecule has 3 aromatic rings. The maximum atomic E-state index is 12.3. The van der Waals surface area contributed by atoms with E-state index in [2.05, 4.69) is 23.8 Å². The molecule has 0 bridgehead atoms. The van der Waals surface area contributed by atoms with Crippen LogP contribution in [0.1, 0.15) is 69.9 Å². The summed E-state index contributed by atoms with van der Waals surface area (Å²) in [6, 6.07) is 15.3. The molecule has 0 aliphatic heterocycles. The van der Waals surface area contributed by atoms with Crippen molar-refractivity contribution in [3.8, 4) is 22.9 Å². The van der Waals surface area contributed by atoms with Crippen molar-refractivity contribution in [2.75, 3.05) is 6.61 Å². The maximum Gasteiger partial charge on any atom is 0.311 e. The van der Waals surface area contributed by atoms with E-state index in [1.165, 1.54) is 31.2 Å². The van der Waals surface area contributed by atoms with Crippen LogP contribution in [0.25, 0.3) is 11.4 Å². The van der Waals surface area contributed by atoms with Gasteiger partial charge in [0.1, 0.15) is 11.5 Å². The van der Waals surface area contributed by atoms with Crippen molar-refractivity contribution < 1.29 is 14.3 Å². The predicted molar refractivity (Wildman–Crippen MR) is 136 cm³/mol. The highest BCUT2D eigenvalue weighted by Crippen LogP contribution is 2.20. The topological polar surface area (TPSA) is 61.3 Å². The summed E-state index contributed by atoms with van der Waals surface area (Å²) in [5, 5.41) is 0. The van der Waals surface area contributed by atoms with E-state index in [1.807, 2.05) is 48.8 Å². The Kier molecular flexibility index (Phi) is 10.6. The van der Waals surface area contributed by atoms with Gasteiger partial charge >= 0.3 is 5.97 Å². The Morgan fingerprint density at radius 3 is 2.09 bits per heavy atom. The third-order valence-corrected chi connectivity index (χ3v) is 5.68. The number of aromatic nitrogens is 2. The van der Waals surface area contributed by atoms with Crippen LogP contribution in [-0.2, 0) is 17.6 Å². The van der Waals surface area contributed by atoms with E-state index in [-0.39, 0.29) is 5.97 Å². The molecule has 3 rings (SSSR count). The van der Waals surface area contributed by atoms with Crippen LogP contribution in [-0.4, -0.2) is 22.5 Å². The summed E-state index contributed by atoms with van der Waals surface area (Å²) in [6.45, 7) is 5.09. The van der Waals surface area contributed by atoms with E-state index in [4.69, 9.17) is 9.47 Å². The molecule has 0 fully saturated rings. The normalized spacial score (nSPS) is 10.8. The molecule has 34 heavy (non-hydrogen) atoms. The lowest BCUT2D eigenvalue weighted by atomic mass is 10.1. The van der Waals surface area contributed by atoms with Gasteiger partial charge in [0.25, 0.3) is 0 Å². The van der Waals surface area contributed by atoms with Crippen LogP contribution in [0.2, 0.25) is 0 Å². The quantitative estimate of drug-likeness (QED) is 0.147. The van der Waals surface area contributed by atoms with Gasteiger partial charge in [-0.1, -0.05) is 51.7 Å². The number of hydrogen-bond acceptors (Lipinski definition) is 5. The Balaban J connectivity index is 1.43. The van der Waals surface area contributed by atoms with E-state index >= 15 is 0 Å². The number of rotatable bonds is 14. The SMILES string of the molecule is CCCCCCc1cnc(-c2ccc(OC(=O)CCc3ccc(OCCCC)cc3)cc2)nc1. The molecule has 0 amide bonds. The lowest BCUT2D eigenvalue weighted by Gasteiger charge is -2.08. The first-order valence-electron chi connectivity index (χ1n) is 12.5. The third kappa shape index (κ3) is 8.62. The molecule has 5 heteroatoms. The highest BCUT2D eigenvalue weighted by molar-refractivity contribution is 5.73. The second-order valence-corrected chi connectivity index (χ2v) is 8.57. The van der Waals surface area contributed by atoms with Crippen molar-refractivity contribution in [3.63, 3.8) is 0 Å². The third-order valence-electron chi connectivity index (χ3n) is 5.68. The fraction of sp³-hybridized carbons (Fsp3) is 0.414. The summed E-state index contributed by atoms with van der Waals surface area (Å²) in [6.07, 6.45) is 12.9. The fourth-order valence-electron chi connectivity index (χ4n) is 3.58. The fourth-order valence-corrected chi connectivity index (χ4v) is 3.58. The van der Waals surface area contributed by atoms with Crippen LogP contribution in [0.4, 0.5) is 0 Å². The summed E-state index contributed by atoms with van der Waals surface area (Å²) in [7, 11) is 0. The van der Waals surface area contributed by atoms with E-state index in [0.717, 1.165) is 42.7 Å². The maximum absolute atomic E-state index is 12.3. The average Bonchev–Trinajstić information content (AvgIpc) is 2.87. The highest BCUT2D eigenvalue weighted by Gasteiger charge is 2.08. The molecule has 0 radical (unpaired) electrons. The van der Waals surface area contributed by atoms with Crippen molar-refractivity contribution >= 4 is 5.97 Å². The molecule has 0 spiro atoms. The molecule has 0 saturated carbocycles. The summed E-state index contributed by atoms with van der Waals surface area (Å²) in [5.41, 5.74) is 3.16. The van der Waals surface area contributed by atoms with Gasteiger partial charge in [0.05, 0.1) is 6.61 Å². The van der Waals surface area contributed by atoms with Crippen molar-refractivity contribution in [1.29, 1.82) is 0 Å². The number of benzene rings is 2. The zero-order valence-corrected chi connectivity index (χ0v) is 20.5. The van der Waals surface area contributed by atoms with E-state index < -0.39 is 0 Å². The molecule has 180 valence electrons. The van der Waals surface area contributed by atoms with Crippen molar-refractivity contribution in [2.45, 2.75) is 71.6 Å². The average molecular weight is 461 g/mol. The van der Waals surface area contributed by atoms with Crippen molar-refractivity contribution in [3.05, 3.63) is 72.1 Å². The number of carbonyl (C=O) groups excluding carboxylic acids is 1. The Labute approximate surface area is 203 Å². The molecule has 0 aliphatic rings. The standard InChI is InChI=1S/C29H36N2O3/c1-3-5-7-8-9-24-21-30-29(31-22-24)25-13-17-27(18-14-25)34-28(32)19-12-23-10-15-26(16-11-23)33-20-6-4-2/h10-11,13-18,21-22H,3-9,12,19-20H2,1-2H3. The molecule has 0 N–H and O–H groups in total. The largest absolute Gasteiger partial charge is 0.494 e. The van der Waals surface area contributed by atoms with Gasteiger partial charge in [-0.25, -0.2) is 9.97 Å². The summed E-state index contributed by atoms with van der Waals surface area (Å²) in [5.74, 6) is 1.82. The van der Waals surface area contributed by atoms with Gasteiger partial charge in [-0.15, -0.1) is 0 Å². The van der Waals surface area contributed by atoms with Gasteiger partial charge in [0.15, 0.2) is 5.82 Å². The number of hydrogen-bond donors (Lipinski definition) is 0. The number of aryl methyl sites for hydroxylation is 2. The minimum absolute atomic E-state index is 0.250. The van der Waals surface area contributed by atoms with Gasteiger partial charge in [0.2, 0.25) is 0 Å². The Morgan fingerprint density at radius 1 is 0.735 bits per heavy atom. The second-order valence-electron chi connectivity index (χ2n) is 8.57. The van der Waals surface area contributed by atoms with Gasteiger partial charge in [-0.3, -0.25) is 4.79 Å². The first-order valence-corrected chi connectivity index (χ1v) is 12.5. The minimum atomic E-state index is -0.250. The smallest absolute Gasteiger partial charge is 0.311 e. The monoisotopic (exact) mass is 460 g/mol. The Hall–Kier alpha value is -3.21. The van der Waals surface area contributed by atoms with Gasteiger partial charge in [-0.2, -0.15) is 0 Å². The number of carbonyl (C=O) groups is 1. The van der Waals surface area contributed by atoms with Crippen LogP contribution in [0.5, 0.6) is 11.5 Å². The van der Waals surface area contributed by atoms with E-state index in [1.54, 1.807) is 12.1 Å². The van der Waals surface area contributed by atoms with Crippen LogP contribution in [0.15, 0.2) is 60.9 Å². The molecule has 0 atom stereocenters. The lowest BCUT2D eigenvalue weighted by molar-refractivity contribution is -0.134. The molecule has 0 saturated heterocycles. The summed E-state index contributed by atoms with van der Waals surface area (Å²) < 4.78 is 11.2. The lowest BCUT2D eigenvalue weighted by Crippen LogP contribution is -2.09. The number of nitrogens with zero attached hydrogens (tertiary/aromatic N) is 2. The van der Waals surface area contributed by atoms with Gasteiger partial charge in [0, 0.05) is 24.4 Å². The number of unbranched alkanes of at least 4 members (excludes halogenated alkanes) is 4. The molecule has 1 aromatic heterocycles. The van der Waals surface area contributed by atoms with Crippen LogP contribution < -0.4 is 9.47 Å². The molecule has 0 aliphatic carbocycles. The molecule has 2 aromatic carbocycles. The Morgan fingerprint density at radius 2 is 1.41 bits per heavy atom. The van der Waals surface area contributed by atoms with Gasteiger partial charge in [-0.05, 0) is 73.2 Å². The molecule has 0 unspecified atom stereocenters. The molecule has 5 nitrogen and oxygen atoms in total. The van der Waals surface area contributed by atoms with Crippen LogP contribution in [0.3, 0.4) is 0 Å². The first-order chi connectivity index (χ1) is 16.7. The summed E-state index contributed by atoms with van der Waals surface area (Å²) in [4.78, 5) is 21.3. The van der Waals surface area contributed by atoms with Gasteiger partial charge < -0.3 is 9.47 Å². The zero-order valence-electron chi connectivity index (χ0n) is 20.5. The highest BCUT2D eigenvalue weighted by atomic mass is 16.5. The van der Waals surface area contributed by atoms with Crippen LogP contribution in [0, 0.1) is 0 Å². The second kappa shape index (κ2) is 14.1. The van der Waals surface area contributed by atoms with E-state index in [9.17, 15) is 4.79 Å². The zero-order chi connectivity index (χ0) is 24.0. The first kappa shape index (κ1) is 25.4. The number of ether oxygens (including phenoxy) is 2. The van der Waals surface area contributed by atoms with E-state index in [0.29, 0.717) is 24.4 Å². The van der Waals surface area contributed by atoms with Crippen LogP contribution >= 0.6 is 0 Å². The molecule has 1 heterocycles. The van der Waals surface area contributed by atoms with Crippen molar-refractivity contribution in [1.82, 2.24) is 9.97 Å². The Bertz CT molecular complexity index is 983.